The van der Waals surface area contributed by atoms with Crippen molar-refractivity contribution in [1.29, 1.82) is 0 Å². The first-order valence-corrected chi connectivity index (χ1v) is 9.19. The van der Waals surface area contributed by atoms with Crippen LogP contribution in [0.3, 0.4) is 0 Å². The molecular weight excluding hydrogens is 338 g/mol. The minimum Gasteiger partial charge on any atom is -0.303 e. The molecule has 7 nitrogen and oxygen atoms in total. The van der Waals surface area contributed by atoms with E-state index in [0.29, 0.717) is 11.3 Å². The smallest absolute Gasteiger partial charge is 0.300 e. The molecule has 0 amide bonds. The molecule has 1 aromatic rings. The Labute approximate surface area is 132 Å². The SMILES string of the molecule is CCN1CCC(NS(=O)(=O)c2cc([N+](=O)[O-])c(Cl)s2)CC1. The van der Waals surface area contributed by atoms with E-state index in [-0.39, 0.29) is 20.3 Å². The van der Waals surface area contributed by atoms with Crippen LogP contribution in [0.4, 0.5) is 5.69 Å². The van der Waals surface area contributed by atoms with Gasteiger partial charge >= 0.3 is 0 Å². The number of nitrogens with zero attached hydrogens (tertiary/aromatic N) is 2. The Kier molecular flexibility index (Phi) is 5.20. The van der Waals surface area contributed by atoms with E-state index in [0.717, 1.165) is 38.5 Å². The quantitative estimate of drug-likeness (QED) is 0.646. The zero-order chi connectivity index (χ0) is 15.6. The fourth-order valence-corrected chi connectivity index (χ4v) is 5.23. The third-order valence-corrected chi connectivity index (χ3v) is 6.80. The van der Waals surface area contributed by atoms with Crippen LogP contribution in [0.25, 0.3) is 0 Å². The van der Waals surface area contributed by atoms with Crippen molar-refractivity contribution in [3.8, 4) is 0 Å². The van der Waals surface area contributed by atoms with Crippen LogP contribution in [-0.2, 0) is 10.0 Å². The van der Waals surface area contributed by atoms with Gasteiger partial charge in [0, 0.05) is 12.1 Å². The summed E-state index contributed by atoms with van der Waals surface area (Å²) in [6, 6.07) is 0.869. The Bertz CT molecular complexity index is 623. The number of hydrogen-bond acceptors (Lipinski definition) is 6. The van der Waals surface area contributed by atoms with Gasteiger partial charge in [-0.25, -0.2) is 13.1 Å². The second-order valence-corrected chi connectivity index (χ2v) is 8.41. The summed E-state index contributed by atoms with van der Waals surface area (Å²) in [6.07, 6.45) is 1.46. The molecule has 1 aromatic heterocycles. The second kappa shape index (κ2) is 6.57. The fourth-order valence-electron chi connectivity index (χ4n) is 2.24. The van der Waals surface area contributed by atoms with Gasteiger partial charge in [-0.15, -0.1) is 11.3 Å². The minimum atomic E-state index is -3.76. The topological polar surface area (TPSA) is 92.6 Å². The zero-order valence-corrected chi connectivity index (χ0v) is 13.8. The molecule has 0 spiro atoms. The molecule has 0 aliphatic carbocycles. The molecule has 0 radical (unpaired) electrons. The number of piperidine rings is 1. The first-order valence-electron chi connectivity index (χ1n) is 6.52. The molecule has 1 aliphatic heterocycles. The number of hydrogen-bond donors (Lipinski definition) is 1. The van der Waals surface area contributed by atoms with Crippen LogP contribution < -0.4 is 4.72 Å². The van der Waals surface area contributed by atoms with Crippen molar-refractivity contribution in [2.24, 2.45) is 0 Å². The molecule has 10 heteroatoms. The highest BCUT2D eigenvalue weighted by molar-refractivity contribution is 7.91. The summed E-state index contributed by atoms with van der Waals surface area (Å²) in [5.41, 5.74) is -0.372. The van der Waals surface area contributed by atoms with E-state index in [1.165, 1.54) is 0 Å². The highest BCUT2D eigenvalue weighted by Gasteiger charge is 2.28. The summed E-state index contributed by atoms with van der Waals surface area (Å²) < 4.78 is 26.9. The van der Waals surface area contributed by atoms with E-state index in [1.807, 2.05) is 0 Å². The summed E-state index contributed by atoms with van der Waals surface area (Å²) >= 11 is 6.41. The maximum Gasteiger partial charge on any atom is 0.300 e. The number of halogens is 1. The average molecular weight is 354 g/mol. The highest BCUT2D eigenvalue weighted by Crippen LogP contribution is 2.36. The molecule has 2 heterocycles. The normalized spacial score (nSPS) is 18.0. The van der Waals surface area contributed by atoms with Gasteiger partial charge in [0.25, 0.3) is 15.7 Å². The molecule has 0 saturated carbocycles. The van der Waals surface area contributed by atoms with E-state index in [1.54, 1.807) is 0 Å². The number of nitro groups is 1. The summed E-state index contributed by atoms with van der Waals surface area (Å²) in [7, 11) is -3.76. The van der Waals surface area contributed by atoms with Crippen molar-refractivity contribution < 1.29 is 13.3 Å². The summed E-state index contributed by atoms with van der Waals surface area (Å²) in [5, 5.41) is 10.7. The maximum atomic E-state index is 12.2. The van der Waals surface area contributed by atoms with E-state index >= 15 is 0 Å². The van der Waals surface area contributed by atoms with Crippen molar-refractivity contribution in [3.63, 3.8) is 0 Å². The van der Waals surface area contributed by atoms with E-state index < -0.39 is 14.9 Å². The summed E-state index contributed by atoms with van der Waals surface area (Å²) in [4.78, 5) is 12.3. The largest absolute Gasteiger partial charge is 0.303 e. The van der Waals surface area contributed by atoms with Crippen molar-refractivity contribution in [2.45, 2.75) is 30.0 Å². The van der Waals surface area contributed by atoms with Gasteiger partial charge in [0.15, 0.2) is 4.34 Å². The first kappa shape index (κ1) is 16.6. The average Bonchev–Trinajstić information content (AvgIpc) is 2.82. The zero-order valence-electron chi connectivity index (χ0n) is 11.4. The number of rotatable bonds is 5. The predicted octanol–water partition coefficient (Wildman–Crippen LogP) is 2.07. The number of likely N-dealkylation sites (tertiary alicyclic amines) is 1. The third-order valence-electron chi connectivity index (χ3n) is 3.46. The third kappa shape index (κ3) is 3.92. The van der Waals surface area contributed by atoms with Crippen molar-refractivity contribution in [2.75, 3.05) is 19.6 Å². The second-order valence-electron chi connectivity index (χ2n) is 4.81. The molecule has 0 atom stereocenters. The van der Waals surface area contributed by atoms with Gasteiger partial charge in [-0.1, -0.05) is 18.5 Å². The summed E-state index contributed by atoms with van der Waals surface area (Å²) in [5.74, 6) is 0. The minimum absolute atomic E-state index is 0.114. The molecule has 21 heavy (non-hydrogen) atoms. The molecule has 0 aromatic carbocycles. The first-order chi connectivity index (χ1) is 9.83. The fraction of sp³-hybridized carbons (Fsp3) is 0.636. The van der Waals surface area contributed by atoms with E-state index in [2.05, 4.69) is 16.5 Å². The van der Waals surface area contributed by atoms with Crippen LogP contribution in [-0.4, -0.2) is 43.9 Å². The molecule has 1 saturated heterocycles. The number of thiophene rings is 1. The Morgan fingerprint density at radius 3 is 2.62 bits per heavy atom. The monoisotopic (exact) mass is 353 g/mol. The van der Waals surface area contributed by atoms with Crippen molar-refractivity contribution in [1.82, 2.24) is 9.62 Å². The molecule has 0 unspecified atom stereocenters. The van der Waals surface area contributed by atoms with Gasteiger partial charge in [-0.3, -0.25) is 10.1 Å². The van der Waals surface area contributed by atoms with Crippen LogP contribution in [0.1, 0.15) is 19.8 Å². The van der Waals surface area contributed by atoms with Crippen LogP contribution >= 0.6 is 22.9 Å². The lowest BCUT2D eigenvalue weighted by Gasteiger charge is -2.31. The predicted molar refractivity (Wildman–Crippen MR) is 81.4 cm³/mol. The summed E-state index contributed by atoms with van der Waals surface area (Å²) in [6.45, 7) is 4.70. The highest BCUT2D eigenvalue weighted by atomic mass is 35.5. The van der Waals surface area contributed by atoms with E-state index in [9.17, 15) is 18.5 Å². The molecule has 2 rings (SSSR count). The van der Waals surface area contributed by atoms with Crippen LogP contribution in [0.15, 0.2) is 10.3 Å². The molecular formula is C11H16ClN3O4S2. The molecule has 1 aliphatic rings. The molecule has 1 N–H and O–H groups in total. The van der Waals surface area contributed by atoms with Crippen LogP contribution in [0.2, 0.25) is 4.34 Å². The van der Waals surface area contributed by atoms with Crippen molar-refractivity contribution >= 4 is 38.6 Å². The Hall–Kier alpha value is -0.740. The number of nitrogens with one attached hydrogen (secondary N) is 1. The lowest BCUT2D eigenvalue weighted by Crippen LogP contribution is -2.44. The van der Waals surface area contributed by atoms with Crippen molar-refractivity contribution in [3.05, 3.63) is 20.5 Å². The van der Waals surface area contributed by atoms with Gasteiger partial charge in [-0.2, -0.15) is 0 Å². The van der Waals surface area contributed by atoms with Gasteiger partial charge < -0.3 is 4.90 Å². The standard InChI is InChI=1S/C11H16ClN3O4S2/c1-2-14-5-3-8(4-6-14)13-21(18,19)10-7-9(15(16)17)11(12)20-10/h7-8,13H,2-6H2,1H3. The van der Waals surface area contributed by atoms with E-state index in [4.69, 9.17) is 11.6 Å². The number of sulfonamides is 1. The lowest BCUT2D eigenvalue weighted by atomic mass is 10.1. The van der Waals surface area contributed by atoms with Crippen LogP contribution in [0, 0.1) is 10.1 Å². The molecule has 0 bridgehead atoms. The molecule has 1 fully saturated rings. The van der Waals surface area contributed by atoms with Gasteiger partial charge in [0.05, 0.1) is 4.92 Å². The lowest BCUT2D eigenvalue weighted by molar-refractivity contribution is -0.384. The van der Waals surface area contributed by atoms with Gasteiger partial charge in [0.1, 0.15) is 4.21 Å². The maximum absolute atomic E-state index is 12.2. The van der Waals surface area contributed by atoms with Gasteiger partial charge in [0.2, 0.25) is 0 Å². The molecule has 118 valence electrons. The Morgan fingerprint density at radius 2 is 2.14 bits per heavy atom. The Balaban J connectivity index is 2.09. The Morgan fingerprint density at radius 1 is 1.52 bits per heavy atom. The van der Waals surface area contributed by atoms with Crippen LogP contribution in [0.5, 0.6) is 0 Å². The van der Waals surface area contributed by atoms with Gasteiger partial charge in [-0.05, 0) is 32.5 Å².